The lowest BCUT2D eigenvalue weighted by Crippen LogP contribution is -2.35. The van der Waals surface area contributed by atoms with E-state index in [-0.39, 0.29) is 19.4 Å². The fraction of sp³-hybridized carbons (Fsp3) is 0.800. The molecule has 0 heterocycles. The Bertz CT molecular complexity index is 205. The van der Waals surface area contributed by atoms with Gasteiger partial charge in [0, 0.05) is 6.61 Å². The van der Waals surface area contributed by atoms with Crippen LogP contribution in [-0.2, 0) is 10.1 Å². The third-order valence-corrected chi connectivity index (χ3v) is 2.37. The minimum Gasteiger partial charge on any atom is -0.396 e. The van der Waals surface area contributed by atoms with Crippen LogP contribution in [0.5, 0.6) is 0 Å². The van der Waals surface area contributed by atoms with E-state index in [0.717, 1.165) is 0 Å². The lowest BCUT2D eigenvalue weighted by molar-refractivity contribution is 0.135. The highest BCUT2D eigenvalue weighted by atomic mass is 32.2. The molecule has 0 fully saturated rings. The van der Waals surface area contributed by atoms with E-state index in [1.165, 1.54) is 0 Å². The summed E-state index contributed by atoms with van der Waals surface area (Å²) in [6.07, 6.45) is -0.220. The molecule has 0 saturated carbocycles. The summed E-state index contributed by atoms with van der Waals surface area (Å²) in [6.45, 7) is 2.63. The van der Waals surface area contributed by atoms with E-state index in [0.29, 0.717) is 0 Å². The molecule has 0 rings (SSSR count). The number of aliphatic hydroxyl groups excluding tert-OH is 1. The SMILES string of the molecule is [CH2]C(O)(CCCO)S(=O)(=O)O. The Hall–Kier alpha value is -0.170. The molecule has 0 amide bonds. The standard InChI is InChI=1S/C5H11O5S/c1-5(7,3-2-4-6)11(8,9)10/h6-7H,1-4H2,(H,8,9,10). The van der Waals surface area contributed by atoms with Gasteiger partial charge in [-0.05, 0) is 19.8 Å². The van der Waals surface area contributed by atoms with Crippen molar-refractivity contribution in [2.45, 2.75) is 17.8 Å². The summed E-state index contributed by atoms with van der Waals surface area (Å²) in [5, 5.41) is 17.2. The van der Waals surface area contributed by atoms with Gasteiger partial charge in [-0.25, -0.2) is 0 Å². The van der Waals surface area contributed by atoms with Gasteiger partial charge in [0.1, 0.15) is 0 Å². The van der Waals surface area contributed by atoms with Gasteiger partial charge in [-0.15, -0.1) is 0 Å². The maximum absolute atomic E-state index is 10.3. The average molecular weight is 183 g/mol. The summed E-state index contributed by atoms with van der Waals surface area (Å²) in [6, 6.07) is 0. The molecule has 1 atom stereocenters. The molecule has 67 valence electrons. The van der Waals surface area contributed by atoms with Crippen LogP contribution in [0.15, 0.2) is 0 Å². The molecule has 0 aliphatic rings. The van der Waals surface area contributed by atoms with Crippen LogP contribution in [0.25, 0.3) is 0 Å². The van der Waals surface area contributed by atoms with Crippen molar-refractivity contribution in [1.82, 2.24) is 0 Å². The molecule has 0 aliphatic carbocycles. The minimum atomic E-state index is -4.54. The van der Waals surface area contributed by atoms with Crippen LogP contribution in [0.4, 0.5) is 0 Å². The van der Waals surface area contributed by atoms with Crippen LogP contribution in [0, 0.1) is 6.92 Å². The molecule has 11 heavy (non-hydrogen) atoms. The largest absolute Gasteiger partial charge is 0.396 e. The first kappa shape index (κ1) is 10.8. The topological polar surface area (TPSA) is 94.8 Å². The van der Waals surface area contributed by atoms with E-state index >= 15 is 0 Å². The molecule has 5 nitrogen and oxygen atoms in total. The molecule has 0 spiro atoms. The quantitative estimate of drug-likeness (QED) is 0.494. The Morgan fingerprint density at radius 3 is 2.18 bits per heavy atom. The Morgan fingerprint density at radius 1 is 1.45 bits per heavy atom. The van der Waals surface area contributed by atoms with E-state index in [4.69, 9.17) is 14.8 Å². The third-order valence-electron chi connectivity index (χ3n) is 1.21. The fourth-order valence-electron chi connectivity index (χ4n) is 0.484. The molecule has 0 aliphatic heterocycles. The molecule has 6 heteroatoms. The highest BCUT2D eigenvalue weighted by molar-refractivity contribution is 7.87. The maximum atomic E-state index is 10.3. The predicted octanol–water partition coefficient (Wildman–Crippen LogP) is -0.831. The molecule has 0 aromatic rings. The van der Waals surface area contributed by atoms with Crippen LogP contribution in [-0.4, -0.2) is 34.7 Å². The third kappa shape index (κ3) is 3.15. The van der Waals surface area contributed by atoms with Gasteiger partial charge < -0.3 is 10.2 Å². The summed E-state index contributed by atoms with van der Waals surface area (Å²) in [5.41, 5.74) is 0. The molecule has 0 aromatic heterocycles. The van der Waals surface area contributed by atoms with Gasteiger partial charge in [-0.3, -0.25) is 4.55 Å². The molecule has 0 saturated heterocycles. The van der Waals surface area contributed by atoms with Gasteiger partial charge in [0.05, 0.1) is 0 Å². The average Bonchev–Trinajstić information content (AvgIpc) is 1.81. The van der Waals surface area contributed by atoms with Gasteiger partial charge in [0.15, 0.2) is 4.93 Å². The summed E-state index contributed by atoms with van der Waals surface area (Å²) in [7, 11) is -4.54. The normalized spacial score (nSPS) is 17.8. The summed E-state index contributed by atoms with van der Waals surface area (Å²) < 4.78 is 29.0. The van der Waals surface area contributed by atoms with E-state index in [1.54, 1.807) is 0 Å². The predicted molar refractivity (Wildman–Crippen MR) is 38.2 cm³/mol. The maximum Gasteiger partial charge on any atom is 0.294 e. The lowest BCUT2D eigenvalue weighted by Gasteiger charge is -2.17. The first-order valence-electron chi connectivity index (χ1n) is 2.97. The van der Waals surface area contributed by atoms with Crippen molar-refractivity contribution < 1.29 is 23.2 Å². The molecular formula is C5H11O5S. The molecule has 1 unspecified atom stereocenters. The van der Waals surface area contributed by atoms with E-state index in [2.05, 4.69) is 6.92 Å². The highest BCUT2D eigenvalue weighted by Gasteiger charge is 2.34. The summed E-state index contributed by atoms with van der Waals surface area (Å²) in [4.78, 5) is -2.39. The van der Waals surface area contributed by atoms with Gasteiger partial charge in [-0.1, -0.05) is 0 Å². The second-order valence-electron chi connectivity index (χ2n) is 2.25. The zero-order valence-corrected chi connectivity index (χ0v) is 6.71. The van der Waals surface area contributed by atoms with Crippen molar-refractivity contribution in [2.75, 3.05) is 6.61 Å². The van der Waals surface area contributed by atoms with E-state index in [9.17, 15) is 8.42 Å². The monoisotopic (exact) mass is 183 g/mol. The van der Waals surface area contributed by atoms with Crippen molar-refractivity contribution in [3.8, 4) is 0 Å². The van der Waals surface area contributed by atoms with Crippen molar-refractivity contribution in [2.24, 2.45) is 0 Å². The zero-order chi connectivity index (χ0) is 9.12. The van der Waals surface area contributed by atoms with Crippen LogP contribution in [0.1, 0.15) is 12.8 Å². The van der Waals surface area contributed by atoms with Crippen molar-refractivity contribution in [1.29, 1.82) is 0 Å². The Labute approximate surface area is 65.4 Å². The van der Waals surface area contributed by atoms with Crippen LogP contribution in [0.2, 0.25) is 0 Å². The Morgan fingerprint density at radius 2 is 1.91 bits per heavy atom. The molecule has 0 aromatic carbocycles. The van der Waals surface area contributed by atoms with Crippen molar-refractivity contribution >= 4 is 10.1 Å². The second-order valence-corrected chi connectivity index (χ2v) is 3.96. The first-order chi connectivity index (χ1) is 4.81. The van der Waals surface area contributed by atoms with Crippen LogP contribution in [0.3, 0.4) is 0 Å². The first-order valence-corrected chi connectivity index (χ1v) is 4.41. The molecular weight excluding hydrogens is 172 g/mol. The number of rotatable bonds is 4. The smallest absolute Gasteiger partial charge is 0.294 e. The lowest BCUT2D eigenvalue weighted by atomic mass is 10.2. The van der Waals surface area contributed by atoms with Crippen molar-refractivity contribution in [3.05, 3.63) is 6.92 Å². The number of hydrogen-bond acceptors (Lipinski definition) is 4. The fourth-order valence-corrected chi connectivity index (χ4v) is 0.887. The summed E-state index contributed by atoms with van der Waals surface area (Å²) in [5.74, 6) is 0. The van der Waals surface area contributed by atoms with Gasteiger partial charge in [0.2, 0.25) is 0 Å². The number of aliphatic hydroxyl groups is 2. The van der Waals surface area contributed by atoms with E-state index < -0.39 is 15.1 Å². The van der Waals surface area contributed by atoms with Gasteiger partial charge >= 0.3 is 0 Å². The number of hydrogen-bond donors (Lipinski definition) is 3. The highest BCUT2D eigenvalue weighted by Crippen LogP contribution is 2.17. The summed E-state index contributed by atoms with van der Waals surface area (Å²) >= 11 is 0. The van der Waals surface area contributed by atoms with Gasteiger partial charge in [-0.2, -0.15) is 8.42 Å². The van der Waals surface area contributed by atoms with Crippen molar-refractivity contribution in [3.63, 3.8) is 0 Å². The molecule has 3 N–H and O–H groups in total. The van der Waals surface area contributed by atoms with Crippen LogP contribution < -0.4 is 0 Å². The van der Waals surface area contributed by atoms with Gasteiger partial charge in [0.25, 0.3) is 10.1 Å². The Balaban J connectivity index is 4.24. The Kier molecular flexibility index (Phi) is 3.43. The minimum absolute atomic E-state index is 0.0692. The van der Waals surface area contributed by atoms with E-state index in [1.807, 2.05) is 0 Å². The molecule has 0 bridgehead atoms. The second kappa shape index (κ2) is 3.48. The zero-order valence-electron chi connectivity index (χ0n) is 5.89. The van der Waals surface area contributed by atoms with Crippen LogP contribution >= 0.6 is 0 Å². The molecule has 1 radical (unpaired) electrons.